The van der Waals surface area contributed by atoms with E-state index in [1.165, 1.54) is 18.6 Å². The second kappa shape index (κ2) is 8.50. The highest BCUT2D eigenvalue weighted by molar-refractivity contribution is 6.01. The Morgan fingerprint density at radius 1 is 1.07 bits per heavy atom. The molecule has 3 rings (SSSR count). The third-order valence-corrected chi connectivity index (χ3v) is 4.17. The Bertz CT molecular complexity index is 795. The highest BCUT2D eigenvalue weighted by atomic mass is 16.5. The molecule has 0 aliphatic carbocycles. The van der Waals surface area contributed by atoms with E-state index in [2.05, 4.69) is 16.0 Å². The number of rotatable bonds is 6. The molecule has 2 heterocycles. The Morgan fingerprint density at radius 3 is 2.37 bits per heavy atom. The van der Waals surface area contributed by atoms with E-state index < -0.39 is 18.1 Å². The summed E-state index contributed by atoms with van der Waals surface area (Å²) in [6, 6.07) is 7.52. The molecule has 0 radical (unpaired) electrons. The minimum Gasteiger partial charge on any atom is -0.472 e. The summed E-state index contributed by atoms with van der Waals surface area (Å²) in [5.41, 5.74) is 1.52. The number of furan rings is 1. The van der Waals surface area contributed by atoms with Crippen LogP contribution in [-0.4, -0.2) is 36.5 Å². The molecule has 2 unspecified atom stereocenters. The smallest absolute Gasteiger partial charge is 0.255 e. The highest BCUT2D eigenvalue weighted by Crippen LogP contribution is 2.17. The number of carbonyl (C=O) groups excluding carboxylic acids is 3. The van der Waals surface area contributed by atoms with Crippen molar-refractivity contribution in [1.82, 2.24) is 5.32 Å². The van der Waals surface area contributed by atoms with E-state index in [4.69, 9.17) is 9.15 Å². The van der Waals surface area contributed by atoms with Crippen LogP contribution in [0.15, 0.2) is 47.3 Å². The van der Waals surface area contributed by atoms with Crippen LogP contribution in [0.25, 0.3) is 0 Å². The molecule has 142 valence electrons. The van der Waals surface area contributed by atoms with E-state index in [0.29, 0.717) is 23.5 Å². The summed E-state index contributed by atoms with van der Waals surface area (Å²) in [5, 5.41) is 8.09. The second-order valence-corrected chi connectivity index (χ2v) is 6.26. The van der Waals surface area contributed by atoms with Crippen molar-refractivity contribution in [2.45, 2.75) is 31.9 Å². The standard InChI is InChI=1S/C19H21N3O5/c1-12(20-18(24)13-8-10-26-11-13)17(23)21-14-4-6-15(7-5-14)22-19(25)16-3-2-9-27-16/h4-8,10-12,16H,2-3,9H2,1H3,(H,20,24)(H,21,23)(H,22,25). The van der Waals surface area contributed by atoms with Gasteiger partial charge in [0, 0.05) is 18.0 Å². The van der Waals surface area contributed by atoms with Crippen LogP contribution < -0.4 is 16.0 Å². The molecule has 2 atom stereocenters. The fraction of sp³-hybridized carbons (Fsp3) is 0.316. The van der Waals surface area contributed by atoms with Gasteiger partial charge >= 0.3 is 0 Å². The molecule has 0 spiro atoms. The quantitative estimate of drug-likeness (QED) is 0.721. The lowest BCUT2D eigenvalue weighted by Crippen LogP contribution is -2.41. The lowest BCUT2D eigenvalue weighted by Gasteiger charge is -2.14. The summed E-state index contributed by atoms with van der Waals surface area (Å²) < 4.78 is 10.2. The highest BCUT2D eigenvalue weighted by Gasteiger charge is 2.23. The summed E-state index contributed by atoms with van der Waals surface area (Å²) in [7, 11) is 0. The molecule has 1 aromatic carbocycles. The molecule has 3 N–H and O–H groups in total. The largest absolute Gasteiger partial charge is 0.472 e. The summed E-state index contributed by atoms with van der Waals surface area (Å²) in [5.74, 6) is -0.915. The number of hydrogen-bond acceptors (Lipinski definition) is 5. The Kier molecular flexibility index (Phi) is 5.87. The maximum absolute atomic E-state index is 12.2. The van der Waals surface area contributed by atoms with Gasteiger partial charge in [0.05, 0.1) is 11.8 Å². The van der Waals surface area contributed by atoms with Crippen LogP contribution in [0.4, 0.5) is 11.4 Å². The lowest BCUT2D eigenvalue weighted by molar-refractivity contribution is -0.124. The topological polar surface area (TPSA) is 110 Å². The van der Waals surface area contributed by atoms with Gasteiger partial charge in [-0.25, -0.2) is 0 Å². The normalized spacial score (nSPS) is 17.1. The maximum atomic E-state index is 12.2. The number of hydrogen-bond donors (Lipinski definition) is 3. The molecule has 1 aromatic heterocycles. The van der Waals surface area contributed by atoms with Gasteiger partial charge in [-0.3, -0.25) is 14.4 Å². The van der Waals surface area contributed by atoms with Crippen molar-refractivity contribution < 1.29 is 23.5 Å². The number of benzene rings is 1. The lowest BCUT2D eigenvalue weighted by atomic mass is 10.2. The molecule has 3 amide bonds. The average molecular weight is 371 g/mol. The van der Waals surface area contributed by atoms with Crippen LogP contribution in [0, 0.1) is 0 Å². The number of nitrogens with one attached hydrogen (secondary N) is 3. The number of anilines is 2. The zero-order chi connectivity index (χ0) is 19.2. The van der Waals surface area contributed by atoms with Crippen molar-refractivity contribution in [3.05, 3.63) is 48.4 Å². The van der Waals surface area contributed by atoms with Gasteiger partial charge in [-0.05, 0) is 50.1 Å². The summed E-state index contributed by atoms with van der Waals surface area (Å²) >= 11 is 0. The van der Waals surface area contributed by atoms with Gasteiger partial charge in [-0.15, -0.1) is 0 Å². The number of carbonyl (C=O) groups is 3. The summed E-state index contributed by atoms with van der Waals surface area (Å²) in [4.78, 5) is 36.2. The molecular weight excluding hydrogens is 350 g/mol. The molecule has 27 heavy (non-hydrogen) atoms. The van der Waals surface area contributed by atoms with Crippen LogP contribution in [0.2, 0.25) is 0 Å². The van der Waals surface area contributed by atoms with Gasteiger partial charge in [0.2, 0.25) is 5.91 Å². The van der Waals surface area contributed by atoms with Crippen molar-refractivity contribution in [3.8, 4) is 0 Å². The van der Waals surface area contributed by atoms with Gasteiger partial charge in [0.15, 0.2) is 0 Å². The minimum absolute atomic E-state index is 0.167. The van der Waals surface area contributed by atoms with E-state index in [9.17, 15) is 14.4 Å². The molecule has 1 fully saturated rings. The van der Waals surface area contributed by atoms with Crippen LogP contribution >= 0.6 is 0 Å². The molecule has 1 aliphatic rings. The molecule has 1 saturated heterocycles. The van der Waals surface area contributed by atoms with Crippen molar-refractivity contribution >= 4 is 29.1 Å². The fourth-order valence-electron chi connectivity index (χ4n) is 2.63. The van der Waals surface area contributed by atoms with Crippen molar-refractivity contribution in [2.75, 3.05) is 17.2 Å². The Balaban J connectivity index is 1.50. The first-order chi connectivity index (χ1) is 13.0. The Morgan fingerprint density at radius 2 is 1.78 bits per heavy atom. The van der Waals surface area contributed by atoms with Crippen LogP contribution in [-0.2, 0) is 14.3 Å². The third kappa shape index (κ3) is 4.95. The number of ether oxygens (including phenoxy) is 1. The fourth-order valence-corrected chi connectivity index (χ4v) is 2.63. The molecule has 1 aliphatic heterocycles. The van der Waals surface area contributed by atoms with Crippen LogP contribution in [0.3, 0.4) is 0 Å². The first-order valence-corrected chi connectivity index (χ1v) is 8.69. The monoisotopic (exact) mass is 371 g/mol. The Hall–Kier alpha value is -3.13. The second-order valence-electron chi connectivity index (χ2n) is 6.26. The first kappa shape index (κ1) is 18.7. The van der Waals surface area contributed by atoms with E-state index >= 15 is 0 Å². The Labute approximate surface area is 156 Å². The average Bonchev–Trinajstić information content (AvgIpc) is 3.37. The van der Waals surface area contributed by atoms with Gasteiger partial charge in [-0.1, -0.05) is 0 Å². The predicted molar refractivity (Wildman–Crippen MR) is 98.3 cm³/mol. The molecule has 0 bridgehead atoms. The maximum Gasteiger partial charge on any atom is 0.255 e. The minimum atomic E-state index is -0.730. The van der Waals surface area contributed by atoms with Gasteiger partial charge in [0.1, 0.15) is 18.4 Å². The van der Waals surface area contributed by atoms with E-state index in [0.717, 1.165) is 12.8 Å². The van der Waals surface area contributed by atoms with Gasteiger partial charge in [-0.2, -0.15) is 0 Å². The number of amides is 3. The van der Waals surface area contributed by atoms with Crippen molar-refractivity contribution in [2.24, 2.45) is 0 Å². The molecular formula is C19H21N3O5. The molecule has 8 heteroatoms. The van der Waals surface area contributed by atoms with E-state index in [1.807, 2.05) is 0 Å². The molecule has 0 saturated carbocycles. The van der Waals surface area contributed by atoms with E-state index in [-0.39, 0.29) is 11.8 Å². The first-order valence-electron chi connectivity index (χ1n) is 8.69. The summed E-state index contributed by atoms with van der Waals surface area (Å²) in [6.45, 7) is 2.20. The molecule has 8 nitrogen and oxygen atoms in total. The van der Waals surface area contributed by atoms with Crippen molar-refractivity contribution in [1.29, 1.82) is 0 Å². The molecule has 2 aromatic rings. The van der Waals surface area contributed by atoms with Gasteiger partial charge in [0.25, 0.3) is 11.8 Å². The zero-order valence-corrected chi connectivity index (χ0v) is 14.9. The predicted octanol–water partition coefficient (Wildman–Crippen LogP) is 2.15. The third-order valence-electron chi connectivity index (χ3n) is 4.17. The van der Waals surface area contributed by atoms with Crippen LogP contribution in [0.1, 0.15) is 30.1 Å². The van der Waals surface area contributed by atoms with Crippen LogP contribution in [0.5, 0.6) is 0 Å². The SMILES string of the molecule is CC(NC(=O)c1ccoc1)C(=O)Nc1ccc(NC(=O)C2CCCO2)cc1. The summed E-state index contributed by atoms with van der Waals surface area (Å²) in [6.07, 6.45) is 3.91. The zero-order valence-electron chi connectivity index (χ0n) is 14.9. The van der Waals surface area contributed by atoms with Crippen molar-refractivity contribution in [3.63, 3.8) is 0 Å². The van der Waals surface area contributed by atoms with E-state index in [1.54, 1.807) is 31.2 Å². The van der Waals surface area contributed by atoms with Gasteiger partial charge < -0.3 is 25.1 Å².